The number of amides is 2. The average molecular weight is 349 g/mol. The topological polar surface area (TPSA) is 59.6 Å². The zero-order chi connectivity index (χ0) is 17.4. The molecule has 0 saturated carbocycles. The fourth-order valence-corrected chi connectivity index (χ4v) is 2.23. The molecular weight excluding hydrogens is 328 g/mol. The summed E-state index contributed by atoms with van der Waals surface area (Å²) in [7, 11) is 1.62. The van der Waals surface area contributed by atoms with Gasteiger partial charge in [0.25, 0.3) is 0 Å². The van der Waals surface area contributed by atoms with E-state index in [-0.39, 0.29) is 12.1 Å². The number of hydrogen-bond donors (Lipinski definition) is 2. The van der Waals surface area contributed by atoms with Crippen molar-refractivity contribution in [2.24, 2.45) is 0 Å². The number of methoxy groups -OCH3 is 1. The zero-order valence-electron chi connectivity index (χ0n) is 13.7. The lowest BCUT2D eigenvalue weighted by atomic mass is 10.1. The first-order chi connectivity index (χ1) is 11.6. The molecule has 5 nitrogen and oxygen atoms in total. The van der Waals surface area contributed by atoms with E-state index in [2.05, 4.69) is 10.6 Å². The van der Waals surface area contributed by atoms with Gasteiger partial charge in [0.1, 0.15) is 12.4 Å². The van der Waals surface area contributed by atoms with Crippen LogP contribution in [0.1, 0.15) is 18.5 Å². The van der Waals surface area contributed by atoms with Crippen molar-refractivity contribution in [2.45, 2.75) is 13.0 Å². The third-order valence-corrected chi connectivity index (χ3v) is 3.62. The molecule has 2 aromatic rings. The Kier molecular flexibility index (Phi) is 6.90. The molecule has 2 aromatic carbocycles. The van der Waals surface area contributed by atoms with Crippen molar-refractivity contribution in [3.05, 3.63) is 59.1 Å². The van der Waals surface area contributed by atoms with Crippen LogP contribution < -0.4 is 15.4 Å². The van der Waals surface area contributed by atoms with E-state index >= 15 is 0 Å². The van der Waals surface area contributed by atoms with Gasteiger partial charge in [-0.15, -0.1) is 0 Å². The van der Waals surface area contributed by atoms with Gasteiger partial charge in [-0.25, -0.2) is 4.79 Å². The summed E-state index contributed by atoms with van der Waals surface area (Å²) in [5.74, 6) is 0.676. The molecule has 0 aliphatic carbocycles. The lowest BCUT2D eigenvalue weighted by molar-refractivity contribution is 0.146. The minimum atomic E-state index is -0.286. The zero-order valence-corrected chi connectivity index (χ0v) is 14.5. The molecule has 0 aliphatic rings. The van der Waals surface area contributed by atoms with Crippen LogP contribution in [0.25, 0.3) is 0 Å². The number of benzene rings is 2. The molecule has 0 heterocycles. The van der Waals surface area contributed by atoms with Gasteiger partial charge in [0.05, 0.1) is 12.6 Å². The van der Waals surface area contributed by atoms with Crippen LogP contribution in [0.2, 0.25) is 5.02 Å². The number of rotatable bonds is 7. The molecule has 2 rings (SSSR count). The molecule has 24 heavy (non-hydrogen) atoms. The van der Waals surface area contributed by atoms with Gasteiger partial charge < -0.3 is 20.1 Å². The lowest BCUT2D eigenvalue weighted by Gasteiger charge is -2.15. The smallest absolute Gasteiger partial charge is 0.319 e. The van der Waals surface area contributed by atoms with Crippen molar-refractivity contribution in [1.82, 2.24) is 5.32 Å². The van der Waals surface area contributed by atoms with Crippen molar-refractivity contribution in [2.75, 3.05) is 25.6 Å². The quantitative estimate of drug-likeness (QED) is 0.735. The number of carbonyl (C=O) groups excluding carboxylic acids is 1. The fraction of sp³-hybridized carbons (Fsp3) is 0.278. The van der Waals surface area contributed by atoms with Gasteiger partial charge >= 0.3 is 6.03 Å². The monoisotopic (exact) mass is 348 g/mol. The van der Waals surface area contributed by atoms with E-state index < -0.39 is 0 Å². The molecule has 0 saturated heterocycles. The van der Waals surface area contributed by atoms with Crippen LogP contribution in [-0.4, -0.2) is 26.4 Å². The normalized spacial score (nSPS) is 11.6. The summed E-state index contributed by atoms with van der Waals surface area (Å²) < 4.78 is 10.5. The average Bonchev–Trinajstić information content (AvgIpc) is 2.56. The van der Waals surface area contributed by atoms with E-state index in [4.69, 9.17) is 21.1 Å². The van der Waals surface area contributed by atoms with Crippen LogP contribution in [0, 0.1) is 0 Å². The first-order valence-corrected chi connectivity index (χ1v) is 8.01. The molecule has 0 aliphatic heterocycles. The van der Waals surface area contributed by atoms with E-state index in [1.54, 1.807) is 31.4 Å². The maximum atomic E-state index is 12.1. The number of urea groups is 1. The Morgan fingerprint density at radius 2 is 1.92 bits per heavy atom. The molecular formula is C18H21ClN2O3. The van der Waals surface area contributed by atoms with Crippen LogP contribution in [0.15, 0.2) is 48.5 Å². The second-order valence-corrected chi connectivity index (χ2v) is 5.68. The predicted octanol–water partition coefficient (Wildman–Crippen LogP) is 4.25. The fourth-order valence-electron chi connectivity index (χ4n) is 2.11. The summed E-state index contributed by atoms with van der Waals surface area (Å²) in [6.07, 6.45) is 0. The van der Waals surface area contributed by atoms with Gasteiger partial charge in [0.15, 0.2) is 0 Å². The number of anilines is 1. The number of hydrogen-bond acceptors (Lipinski definition) is 3. The van der Waals surface area contributed by atoms with Crippen LogP contribution in [0.5, 0.6) is 5.75 Å². The van der Waals surface area contributed by atoms with Crippen molar-refractivity contribution in [3.63, 3.8) is 0 Å². The number of ether oxygens (including phenoxy) is 2. The van der Waals surface area contributed by atoms with E-state index in [0.29, 0.717) is 29.7 Å². The molecule has 0 aromatic heterocycles. The molecule has 6 heteroatoms. The number of halogens is 1. The first kappa shape index (κ1) is 18.1. The predicted molar refractivity (Wildman–Crippen MR) is 95.8 cm³/mol. The largest absolute Gasteiger partial charge is 0.491 e. The van der Waals surface area contributed by atoms with Crippen LogP contribution in [0.4, 0.5) is 10.5 Å². The van der Waals surface area contributed by atoms with Crippen LogP contribution in [0.3, 0.4) is 0 Å². The first-order valence-electron chi connectivity index (χ1n) is 7.63. The summed E-state index contributed by atoms with van der Waals surface area (Å²) in [5.41, 5.74) is 1.64. The molecule has 1 unspecified atom stereocenters. The standard InChI is InChI=1S/C18H21ClN2O3/c1-13(14-6-8-15(19)9-7-14)20-18(22)21-16-4-3-5-17(12-16)24-11-10-23-2/h3-9,12-13H,10-11H2,1-2H3,(H2,20,21,22). The second-order valence-electron chi connectivity index (χ2n) is 5.24. The van der Waals surface area contributed by atoms with Crippen molar-refractivity contribution >= 4 is 23.3 Å². The maximum Gasteiger partial charge on any atom is 0.319 e. The van der Waals surface area contributed by atoms with Crippen LogP contribution >= 0.6 is 11.6 Å². The molecule has 128 valence electrons. The van der Waals surface area contributed by atoms with Crippen molar-refractivity contribution in [3.8, 4) is 5.75 Å². The Morgan fingerprint density at radius 1 is 1.17 bits per heavy atom. The van der Waals surface area contributed by atoms with E-state index in [1.807, 2.05) is 31.2 Å². The summed E-state index contributed by atoms with van der Waals surface area (Å²) in [4.78, 5) is 12.1. The van der Waals surface area contributed by atoms with E-state index in [9.17, 15) is 4.79 Å². The SMILES string of the molecule is COCCOc1cccc(NC(=O)NC(C)c2ccc(Cl)cc2)c1. The Balaban J connectivity index is 1.89. The molecule has 0 radical (unpaired) electrons. The highest BCUT2D eigenvalue weighted by atomic mass is 35.5. The Morgan fingerprint density at radius 3 is 2.62 bits per heavy atom. The molecule has 2 N–H and O–H groups in total. The molecule has 0 spiro atoms. The molecule has 0 fully saturated rings. The van der Waals surface area contributed by atoms with E-state index in [0.717, 1.165) is 5.56 Å². The lowest BCUT2D eigenvalue weighted by Crippen LogP contribution is -2.31. The van der Waals surface area contributed by atoms with Crippen molar-refractivity contribution in [1.29, 1.82) is 0 Å². The highest BCUT2D eigenvalue weighted by molar-refractivity contribution is 6.30. The highest BCUT2D eigenvalue weighted by Gasteiger charge is 2.10. The van der Waals surface area contributed by atoms with Gasteiger partial charge in [0.2, 0.25) is 0 Å². The second kappa shape index (κ2) is 9.15. The van der Waals surface area contributed by atoms with Gasteiger partial charge in [-0.2, -0.15) is 0 Å². The number of carbonyl (C=O) groups is 1. The summed E-state index contributed by atoms with van der Waals surface area (Å²) in [5, 5.41) is 6.35. The van der Waals surface area contributed by atoms with Gasteiger partial charge in [-0.3, -0.25) is 0 Å². The summed E-state index contributed by atoms with van der Waals surface area (Å²) >= 11 is 5.87. The van der Waals surface area contributed by atoms with Crippen molar-refractivity contribution < 1.29 is 14.3 Å². The Hall–Kier alpha value is -2.24. The molecule has 2 amide bonds. The van der Waals surface area contributed by atoms with Gasteiger partial charge in [-0.1, -0.05) is 29.8 Å². The Bertz CT molecular complexity index is 662. The minimum absolute atomic E-state index is 0.136. The third-order valence-electron chi connectivity index (χ3n) is 3.37. The van der Waals surface area contributed by atoms with E-state index in [1.165, 1.54) is 0 Å². The summed E-state index contributed by atoms with van der Waals surface area (Å²) in [6, 6.07) is 14.2. The highest BCUT2D eigenvalue weighted by Crippen LogP contribution is 2.19. The maximum absolute atomic E-state index is 12.1. The number of nitrogens with one attached hydrogen (secondary N) is 2. The minimum Gasteiger partial charge on any atom is -0.491 e. The third kappa shape index (κ3) is 5.76. The summed E-state index contributed by atoms with van der Waals surface area (Å²) in [6.45, 7) is 2.88. The molecule has 1 atom stereocenters. The van der Waals surface area contributed by atoms with Crippen LogP contribution in [-0.2, 0) is 4.74 Å². The molecule has 0 bridgehead atoms. The van der Waals surface area contributed by atoms with Gasteiger partial charge in [-0.05, 0) is 36.8 Å². The van der Waals surface area contributed by atoms with Gasteiger partial charge in [0, 0.05) is 23.9 Å². The Labute approximate surface area is 146 Å².